The van der Waals surface area contributed by atoms with Crippen LogP contribution < -0.4 is 5.32 Å². The van der Waals surface area contributed by atoms with Crippen LogP contribution in [0.5, 0.6) is 0 Å². The number of nitrogens with one attached hydrogen (secondary N) is 1. The summed E-state index contributed by atoms with van der Waals surface area (Å²) in [5, 5.41) is 13.3. The number of pyridine rings is 1. The molecule has 0 radical (unpaired) electrons. The fourth-order valence-corrected chi connectivity index (χ4v) is 1.60. The van der Waals surface area contributed by atoms with Gasteiger partial charge in [-0.1, -0.05) is 6.07 Å². The van der Waals surface area contributed by atoms with E-state index in [9.17, 15) is 19.3 Å². The Labute approximate surface area is 113 Å². The Hall–Kier alpha value is -2.83. The SMILES string of the molecule is Cc1ccc(NC(=O)c2ccc(F)nc2)c([N+](=O)[O-])c1. The van der Waals surface area contributed by atoms with Crippen LogP contribution in [-0.2, 0) is 0 Å². The summed E-state index contributed by atoms with van der Waals surface area (Å²) in [6.45, 7) is 1.71. The molecule has 1 N–H and O–H groups in total. The van der Waals surface area contributed by atoms with Gasteiger partial charge in [-0.25, -0.2) is 4.98 Å². The van der Waals surface area contributed by atoms with Crippen molar-refractivity contribution in [3.05, 3.63) is 63.7 Å². The highest BCUT2D eigenvalue weighted by atomic mass is 19.1. The Morgan fingerprint density at radius 1 is 1.35 bits per heavy atom. The summed E-state index contributed by atoms with van der Waals surface area (Å²) in [6.07, 6.45) is 1.06. The lowest BCUT2D eigenvalue weighted by atomic mass is 10.2. The largest absolute Gasteiger partial charge is 0.316 e. The van der Waals surface area contributed by atoms with Crippen LogP contribution in [0.1, 0.15) is 15.9 Å². The average Bonchev–Trinajstić information content (AvgIpc) is 2.41. The van der Waals surface area contributed by atoms with Gasteiger partial charge in [-0.3, -0.25) is 14.9 Å². The smallest absolute Gasteiger partial charge is 0.293 e. The second-order valence-corrected chi connectivity index (χ2v) is 4.10. The van der Waals surface area contributed by atoms with Gasteiger partial charge in [0.25, 0.3) is 11.6 Å². The van der Waals surface area contributed by atoms with Crippen LogP contribution in [0.25, 0.3) is 0 Å². The molecule has 1 amide bonds. The maximum absolute atomic E-state index is 12.7. The summed E-state index contributed by atoms with van der Waals surface area (Å²) in [5.74, 6) is -1.30. The molecule has 1 aromatic carbocycles. The molecule has 1 heterocycles. The Balaban J connectivity index is 2.28. The third-order valence-corrected chi connectivity index (χ3v) is 2.59. The summed E-state index contributed by atoms with van der Waals surface area (Å²) in [7, 11) is 0. The van der Waals surface area contributed by atoms with Crippen molar-refractivity contribution in [1.29, 1.82) is 0 Å². The fourth-order valence-electron chi connectivity index (χ4n) is 1.60. The lowest BCUT2D eigenvalue weighted by Gasteiger charge is -2.06. The quantitative estimate of drug-likeness (QED) is 0.530. The molecule has 0 atom stereocenters. The van der Waals surface area contributed by atoms with Crippen molar-refractivity contribution in [3.63, 3.8) is 0 Å². The van der Waals surface area contributed by atoms with E-state index in [-0.39, 0.29) is 16.9 Å². The fraction of sp³-hybridized carbons (Fsp3) is 0.0769. The number of rotatable bonds is 3. The highest BCUT2D eigenvalue weighted by Gasteiger charge is 2.16. The lowest BCUT2D eigenvalue weighted by Crippen LogP contribution is -2.13. The number of carbonyl (C=O) groups is 1. The van der Waals surface area contributed by atoms with Crippen LogP contribution in [0.4, 0.5) is 15.8 Å². The van der Waals surface area contributed by atoms with Gasteiger partial charge in [0.2, 0.25) is 5.95 Å². The summed E-state index contributed by atoms with van der Waals surface area (Å²) >= 11 is 0. The zero-order valence-corrected chi connectivity index (χ0v) is 10.5. The zero-order chi connectivity index (χ0) is 14.7. The molecule has 0 unspecified atom stereocenters. The third-order valence-electron chi connectivity index (χ3n) is 2.59. The van der Waals surface area contributed by atoms with Crippen molar-refractivity contribution < 1.29 is 14.1 Å². The molecule has 1 aromatic heterocycles. The van der Waals surface area contributed by atoms with Crippen molar-refractivity contribution in [2.24, 2.45) is 0 Å². The number of nitrogens with zero attached hydrogens (tertiary/aromatic N) is 2. The number of benzene rings is 1. The average molecular weight is 275 g/mol. The zero-order valence-electron chi connectivity index (χ0n) is 10.5. The van der Waals surface area contributed by atoms with Crippen LogP contribution in [0.3, 0.4) is 0 Å². The second-order valence-electron chi connectivity index (χ2n) is 4.10. The van der Waals surface area contributed by atoms with Gasteiger partial charge in [-0.2, -0.15) is 4.39 Å². The van der Waals surface area contributed by atoms with E-state index in [0.29, 0.717) is 5.56 Å². The Bertz CT molecular complexity index is 671. The molecule has 2 aromatic rings. The predicted molar refractivity (Wildman–Crippen MR) is 70.0 cm³/mol. The van der Waals surface area contributed by atoms with Crippen LogP contribution in [0, 0.1) is 23.0 Å². The maximum atomic E-state index is 12.7. The number of nitro groups is 1. The van der Waals surface area contributed by atoms with Gasteiger partial charge in [-0.15, -0.1) is 0 Å². The number of halogens is 1. The molecule has 102 valence electrons. The molecule has 6 nitrogen and oxygen atoms in total. The van der Waals surface area contributed by atoms with E-state index in [1.54, 1.807) is 13.0 Å². The third kappa shape index (κ3) is 2.94. The molecule has 0 aliphatic rings. The van der Waals surface area contributed by atoms with Gasteiger partial charge in [0.05, 0.1) is 10.5 Å². The van der Waals surface area contributed by atoms with Crippen molar-refractivity contribution in [2.75, 3.05) is 5.32 Å². The van der Waals surface area contributed by atoms with E-state index in [2.05, 4.69) is 10.3 Å². The summed E-state index contributed by atoms with van der Waals surface area (Å²) < 4.78 is 12.7. The first-order chi connectivity index (χ1) is 9.47. The molecule has 0 fully saturated rings. The van der Waals surface area contributed by atoms with E-state index < -0.39 is 16.8 Å². The molecule has 7 heteroatoms. The van der Waals surface area contributed by atoms with E-state index in [4.69, 9.17) is 0 Å². The van der Waals surface area contributed by atoms with Gasteiger partial charge < -0.3 is 5.32 Å². The van der Waals surface area contributed by atoms with Crippen molar-refractivity contribution >= 4 is 17.3 Å². The Morgan fingerprint density at radius 2 is 2.10 bits per heavy atom. The van der Waals surface area contributed by atoms with Crippen molar-refractivity contribution in [1.82, 2.24) is 4.98 Å². The van der Waals surface area contributed by atoms with Gasteiger partial charge in [0.15, 0.2) is 0 Å². The highest BCUT2D eigenvalue weighted by Crippen LogP contribution is 2.25. The Morgan fingerprint density at radius 3 is 2.70 bits per heavy atom. The van der Waals surface area contributed by atoms with E-state index in [1.165, 1.54) is 18.2 Å². The van der Waals surface area contributed by atoms with E-state index >= 15 is 0 Å². The monoisotopic (exact) mass is 275 g/mol. The number of hydrogen-bond acceptors (Lipinski definition) is 4. The van der Waals surface area contributed by atoms with Crippen LogP contribution >= 0.6 is 0 Å². The molecule has 2 rings (SSSR count). The molecule has 0 aliphatic heterocycles. The number of hydrogen-bond donors (Lipinski definition) is 1. The van der Waals surface area contributed by atoms with E-state index in [1.807, 2.05) is 0 Å². The van der Waals surface area contributed by atoms with Gasteiger partial charge in [-0.05, 0) is 30.7 Å². The van der Waals surface area contributed by atoms with Gasteiger partial charge >= 0.3 is 0 Å². The number of anilines is 1. The summed E-state index contributed by atoms with van der Waals surface area (Å²) in [5.41, 5.74) is 0.697. The van der Waals surface area contributed by atoms with Gasteiger partial charge in [0.1, 0.15) is 5.69 Å². The first kappa shape index (κ1) is 13.6. The van der Waals surface area contributed by atoms with Crippen LogP contribution in [0.2, 0.25) is 0 Å². The number of nitro benzene ring substituents is 1. The first-order valence-corrected chi connectivity index (χ1v) is 5.65. The van der Waals surface area contributed by atoms with Crippen molar-refractivity contribution in [3.8, 4) is 0 Å². The molecular formula is C13H10FN3O3. The first-order valence-electron chi connectivity index (χ1n) is 5.65. The standard InChI is InChI=1S/C13H10FN3O3/c1-8-2-4-10(11(6-8)17(19)20)16-13(18)9-3-5-12(14)15-7-9/h2-7H,1H3,(H,16,18). The minimum Gasteiger partial charge on any atom is -0.316 e. The lowest BCUT2D eigenvalue weighted by molar-refractivity contribution is -0.384. The molecule has 0 saturated carbocycles. The van der Waals surface area contributed by atoms with Gasteiger partial charge in [0, 0.05) is 12.3 Å². The minimum atomic E-state index is -0.706. The normalized spacial score (nSPS) is 10.1. The van der Waals surface area contributed by atoms with E-state index in [0.717, 1.165) is 12.3 Å². The second kappa shape index (κ2) is 5.43. The summed E-state index contributed by atoms with van der Waals surface area (Å²) in [6, 6.07) is 6.74. The highest BCUT2D eigenvalue weighted by molar-refractivity contribution is 6.05. The number of aryl methyl sites for hydroxylation is 1. The number of amides is 1. The minimum absolute atomic E-state index is 0.0786. The molecular weight excluding hydrogens is 265 g/mol. The predicted octanol–water partition coefficient (Wildman–Crippen LogP) is 2.69. The number of aromatic nitrogens is 1. The maximum Gasteiger partial charge on any atom is 0.293 e. The topological polar surface area (TPSA) is 85.1 Å². The molecule has 0 spiro atoms. The van der Waals surface area contributed by atoms with Crippen LogP contribution in [-0.4, -0.2) is 15.8 Å². The molecule has 0 saturated heterocycles. The molecule has 0 bridgehead atoms. The Kier molecular flexibility index (Phi) is 3.69. The van der Waals surface area contributed by atoms with Crippen LogP contribution in [0.15, 0.2) is 36.5 Å². The van der Waals surface area contributed by atoms with Crippen molar-refractivity contribution in [2.45, 2.75) is 6.92 Å². The molecule has 0 aliphatic carbocycles. The number of carbonyl (C=O) groups excluding carboxylic acids is 1. The summed E-state index contributed by atoms with van der Waals surface area (Å²) in [4.78, 5) is 25.6. The molecule has 20 heavy (non-hydrogen) atoms.